The number of hydrogen-bond acceptors (Lipinski definition) is 4. The monoisotopic (exact) mass is 433 g/mol. The van der Waals surface area contributed by atoms with Gasteiger partial charge in [-0.15, -0.1) is 0 Å². The second kappa shape index (κ2) is 8.19. The van der Waals surface area contributed by atoms with Crippen LogP contribution in [0.4, 0.5) is 11.4 Å². The highest BCUT2D eigenvalue weighted by Gasteiger charge is 2.36. The highest BCUT2D eigenvalue weighted by Crippen LogP contribution is 2.44. The van der Waals surface area contributed by atoms with Crippen molar-refractivity contribution < 1.29 is 4.79 Å². The normalized spacial score (nSPS) is 22.7. The van der Waals surface area contributed by atoms with Gasteiger partial charge in [-0.05, 0) is 105 Å². The number of para-hydroxylation sites is 1. The Morgan fingerprint density at radius 2 is 1.97 bits per heavy atom. The van der Waals surface area contributed by atoms with Crippen LogP contribution in [0.15, 0.2) is 46.3 Å². The zero-order valence-electron chi connectivity index (χ0n) is 19.2. The maximum atomic E-state index is 12.6. The minimum absolute atomic E-state index is 0.0844. The predicted octanol–water partition coefficient (Wildman–Crippen LogP) is 6.31. The Kier molecular flexibility index (Phi) is 5.73. The largest absolute Gasteiger partial charge is 0.366 e. The molecule has 31 heavy (non-hydrogen) atoms. The SMILES string of the molecule is CCN1c2cc(C)c(/C=C3\SC(=Nc4ccccc4C)NC3=O)cc2[C@H](C)CC1(C)C. The smallest absolute Gasteiger partial charge is 0.264 e. The van der Waals surface area contributed by atoms with Crippen LogP contribution in [-0.2, 0) is 4.79 Å². The maximum Gasteiger partial charge on any atom is 0.264 e. The zero-order valence-corrected chi connectivity index (χ0v) is 20.1. The fraction of sp³-hybridized carbons (Fsp3) is 0.385. The van der Waals surface area contributed by atoms with Crippen molar-refractivity contribution in [1.82, 2.24) is 5.32 Å². The van der Waals surface area contributed by atoms with E-state index in [1.54, 1.807) is 0 Å². The summed E-state index contributed by atoms with van der Waals surface area (Å²) in [6.45, 7) is 14.3. The molecule has 0 spiro atoms. The molecule has 0 unspecified atom stereocenters. The number of anilines is 1. The molecule has 2 aliphatic heterocycles. The Bertz CT molecular complexity index is 1100. The summed E-state index contributed by atoms with van der Waals surface area (Å²) in [5.74, 6) is 0.396. The van der Waals surface area contributed by atoms with E-state index >= 15 is 0 Å². The molecule has 2 aliphatic rings. The standard InChI is InChI=1S/C26H31N3OS/c1-7-29-22-12-17(3)19(13-20(22)18(4)15-26(29,5)6)14-23-24(30)28-25(31-23)27-21-11-9-8-10-16(21)2/h8-14,18H,7,15H2,1-6H3,(H,27,28,30)/b23-14-/t18-/m1/s1. The van der Waals surface area contributed by atoms with Crippen LogP contribution in [-0.4, -0.2) is 23.2 Å². The predicted molar refractivity (Wildman–Crippen MR) is 133 cm³/mol. The van der Waals surface area contributed by atoms with Crippen molar-refractivity contribution in [2.24, 2.45) is 4.99 Å². The van der Waals surface area contributed by atoms with Gasteiger partial charge in [-0.2, -0.15) is 0 Å². The minimum atomic E-state index is -0.0844. The molecular weight excluding hydrogens is 402 g/mol. The van der Waals surface area contributed by atoms with Gasteiger partial charge in [0.15, 0.2) is 5.17 Å². The lowest BCUT2D eigenvalue weighted by molar-refractivity contribution is -0.115. The molecule has 5 heteroatoms. The molecule has 0 aromatic heterocycles. The van der Waals surface area contributed by atoms with Crippen LogP contribution in [0.3, 0.4) is 0 Å². The first kappa shape index (κ1) is 21.7. The summed E-state index contributed by atoms with van der Waals surface area (Å²) < 4.78 is 0. The van der Waals surface area contributed by atoms with E-state index < -0.39 is 0 Å². The Balaban J connectivity index is 1.68. The van der Waals surface area contributed by atoms with Gasteiger partial charge in [0.05, 0.1) is 10.6 Å². The van der Waals surface area contributed by atoms with E-state index in [1.807, 2.05) is 37.3 Å². The van der Waals surface area contributed by atoms with Gasteiger partial charge >= 0.3 is 0 Å². The highest BCUT2D eigenvalue weighted by molar-refractivity contribution is 8.18. The van der Waals surface area contributed by atoms with Gasteiger partial charge in [0.1, 0.15) is 0 Å². The number of aryl methyl sites for hydroxylation is 2. The number of aliphatic imine (C=N–C) groups is 1. The minimum Gasteiger partial charge on any atom is -0.366 e. The van der Waals surface area contributed by atoms with Gasteiger partial charge in [-0.1, -0.05) is 25.1 Å². The molecule has 4 nitrogen and oxygen atoms in total. The van der Waals surface area contributed by atoms with Gasteiger partial charge in [0.25, 0.3) is 5.91 Å². The molecule has 162 valence electrons. The number of fused-ring (bicyclic) bond motifs is 1. The summed E-state index contributed by atoms with van der Waals surface area (Å²) in [5, 5.41) is 3.55. The molecule has 1 atom stereocenters. The quantitative estimate of drug-likeness (QED) is 0.577. The molecule has 4 rings (SSSR count). The number of carbonyl (C=O) groups is 1. The van der Waals surface area contributed by atoms with Gasteiger partial charge in [0.2, 0.25) is 0 Å². The number of carbonyl (C=O) groups excluding carboxylic acids is 1. The number of thioether (sulfide) groups is 1. The molecule has 0 saturated carbocycles. The van der Waals surface area contributed by atoms with E-state index in [-0.39, 0.29) is 11.4 Å². The Morgan fingerprint density at radius 1 is 1.23 bits per heavy atom. The molecule has 2 aromatic carbocycles. The lowest BCUT2D eigenvalue weighted by Crippen LogP contribution is -2.48. The summed E-state index contributed by atoms with van der Waals surface area (Å²) in [5.41, 5.74) is 7.11. The van der Waals surface area contributed by atoms with Crippen molar-refractivity contribution in [3.63, 3.8) is 0 Å². The van der Waals surface area contributed by atoms with Gasteiger partial charge in [0, 0.05) is 17.8 Å². The molecule has 0 radical (unpaired) electrons. The summed E-state index contributed by atoms with van der Waals surface area (Å²) >= 11 is 1.41. The summed E-state index contributed by atoms with van der Waals surface area (Å²) in [6.07, 6.45) is 3.13. The Hall–Kier alpha value is -2.53. The third-order valence-corrected chi connectivity index (χ3v) is 7.27. The van der Waals surface area contributed by atoms with Crippen molar-refractivity contribution in [3.05, 3.63) is 63.6 Å². The first-order valence-corrected chi connectivity index (χ1v) is 11.8. The van der Waals surface area contributed by atoms with Crippen LogP contribution in [0.1, 0.15) is 62.3 Å². The van der Waals surface area contributed by atoms with Crippen LogP contribution in [0, 0.1) is 13.8 Å². The van der Waals surface area contributed by atoms with Gasteiger partial charge in [-0.3, -0.25) is 4.79 Å². The third-order valence-electron chi connectivity index (χ3n) is 6.36. The maximum absolute atomic E-state index is 12.6. The highest BCUT2D eigenvalue weighted by atomic mass is 32.2. The van der Waals surface area contributed by atoms with Crippen molar-refractivity contribution in [3.8, 4) is 0 Å². The third kappa shape index (κ3) is 4.16. The average Bonchev–Trinajstić information content (AvgIpc) is 3.03. The second-order valence-corrected chi connectivity index (χ2v) is 10.2. The second-order valence-electron chi connectivity index (χ2n) is 9.20. The number of nitrogens with one attached hydrogen (secondary N) is 1. The number of amides is 1. The first-order valence-electron chi connectivity index (χ1n) is 11.0. The van der Waals surface area contributed by atoms with E-state index in [4.69, 9.17) is 0 Å². The van der Waals surface area contributed by atoms with Crippen molar-refractivity contribution in [2.75, 3.05) is 11.4 Å². The average molecular weight is 434 g/mol. The van der Waals surface area contributed by atoms with Crippen LogP contribution < -0.4 is 10.2 Å². The first-order chi connectivity index (χ1) is 14.7. The number of amidine groups is 1. The molecule has 0 bridgehead atoms. The molecule has 2 aromatic rings. The number of hydrogen-bond donors (Lipinski definition) is 1. The molecule has 0 aliphatic carbocycles. The number of rotatable bonds is 3. The fourth-order valence-corrected chi connectivity index (χ4v) is 5.65. The molecule has 1 saturated heterocycles. The molecule has 1 N–H and O–H groups in total. The summed E-state index contributed by atoms with van der Waals surface area (Å²) in [6, 6.07) is 12.5. The molecular formula is C26H31N3OS. The van der Waals surface area contributed by atoms with Crippen LogP contribution in [0.25, 0.3) is 6.08 Å². The Morgan fingerprint density at radius 3 is 2.68 bits per heavy atom. The van der Waals surface area contributed by atoms with E-state index in [0.29, 0.717) is 16.0 Å². The molecule has 1 fully saturated rings. The number of benzene rings is 2. The topological polar surface area (TPSA) is 44.7 Å². The van der Waals surface area contributed by atoms with Crippen molar-refractivity contribution in [2.45, 2.75) is 59.4 Å². The zero-order chi connectivity index (χ0) is 22.3. The lowest BCUT2D eigenvalue weighted by Gasteiger charge is -2.47. The van der Waals surface area contributed by atoms with E-state index in [0.717, 1.165) is 29.8 Å². The van der Waals surface area contributed by atoms with Gasteiger partial charge < -0.3 is 10.2 Å². The van der Waals surface area contributed by atoms with Crippen molar-refractivity contribution in [1.29, 1.82) is 0 Å². The van der Waals surface area contributed by atoms with Crippen molar-refractivity contribution >= 4 is 40.3 Å². The van der Waals surface area contributed by atoms with Crippen LogP contribution >= 0.6 is 11.8 Å². The molecule has 1 amide bonds. The summed E-state index contributed by atoms with van der Waals surface area (Å²) in [7, 11) is 0. The Labute approximate surface area is 189 Å². The fourth-order valence-electron chi connectivity index (χ4n) is 4.82. The summed E-state index contributed by atoms with van der Waals surface area (Å²) in [4.78, 5) is 20.5. The van der Waals surface area contributed by atoms with E-state index in [2.05, 4.69) is 62.0 Å². The number of nitrogens with zero attached hydrogens (tertiary/aromatic N) is 2. The van der Waals surface area contributed by atoms with Crippen LogP contribution in [0.5, 0.6) is 0 Å². The van der Waals surface area contributed by atoms with E-state index in [1.165, 1.54) is 28.6 Å². The van der Waals surface area contributed by atoms with Crippen LogP contribution in [0.2, 0.25) is 0 Å². The lowest BCUT2D eigenvalue weighted by atomic mass is 9.79. The molecule has 2 heterocycles. The van der Waals surface area contributed by atoms with Gasteiger partial charge in [-0.25, -0.2) is 4.99 Å². The van der Waals surface area contributed by atoms with E-state index in [9.17, 15) is 4.79 Å².